The van der Waals surface area contributed by atoms with Crippen LogP contribution < -0.4 is 10.6 Å². The summed E-state index contributed by atoms with van der Waals surface area (Å²) in [6.45, 7) is 2.93. The fourth-order valence-corrected chi connectivity index (χ4v) is 3.46. The Morgan fingerprint density at radius 2 is 1.78 bits per heavy atom. The van der Waals surface area contributed by atoms with Gasteiger partial charge in [-0.05, 0) is 49.3 Å². The normalized spacial score (nSPS) is 22.7. The molecule has 0 bridgehead atoms. The Labute approximate surface area is 139 Å². The highest BCUT2D eigenvalue weighted by atomic mass is 32.2. The van der Waals surface area contributed by atoms with Crippen LogP contribution in [0.5, 0.6) is 0 Å². The van der Waals surface area contributed by atoms with Crippen molar-refractivity contribution in [3.8, 4) is 0 Å². The van der Waals surface area contributed by atoms with Crippen molar-refractivity contribution in [1.29, 1.82) is 0 Å². The maximum Gasteiger partial charge on any atom is 0.191 e. The van der Waals surface area contributed by atoms with E-state index in [2.05, 4.69) is 22.5 Å². The number of guanidine groups is 1. The fraction of sp³-hybridized carbons (Fsp3) is 0.588. The van der Waals surface area contributed by atoms with Crippen molar-refractivity contribution in [2.45, 2.75) is 50.1 Å². The highest BCUT2D eigenvalue weighted by molar-refractivity contribution is 7.90. The topological polar surface area (TPSA) is 70.6 Å². The number of hydrogen-bond acceptors (Lipinski definition) is 3. The molecule has 1 aromatic carbocycles. The molecule has 2 rings (SSSR count). The van der Waals surface area contributed by atoms with E-state index in [-0.39, 0.29) is 0 Å². The van der Waals surface area contributed by atoms with Gasteiger partial charge in [-0.1, -0.05) is 19.1 Å². The summed E-state index contributed by atoms with van der Waals surface area (Å²) in [6, 6.07) is 7.44. The van der Waals surface area contributed by atoms with E-state index in [1.165, 1.54) is 31.9 Å². The van der Waals surface area contributed by atoms with Gasteiger partial charge >= 0.3 is 0 Å². The molecule has 0 aliphatic heterocycles. The van der Waals surface area contributed by atoms with Gasteiger partial charge in [0.1, 0.15) is 0 Å². The molecule has 0 spiro atoms. The Bertz CT molecular complexity index is 630. The lowest BCUT2D eigenvalue weighted by molar-refractivity contribution is 0.329. The zero-order valence-electron chi connectivity index (χ0n) is 14.2. The van der Waals surface area contributed by atoms with Crippen LogP contribution in [0.15, 0.2) is 34.2 Å². The number of sulfone groups is 1. The number of benzene rings is 1. The Kier molecular flexibility index (Phi) is 6.04. The minimum atomic E-state index is -3.14. The van der Waals surface area contributed by atoms with Gasteiger partial charge in [-0.25, -0.2) is 8.42 Å². The average Bonchev–Trinajstić information content (AvgIpc) is 2.53. The van der Waals surface area contributed by atoms with E-state index < -0.39 is 9.84 Å². The van der Waals surface area contributed by atoms with Crippen molar-refractivity contribution < 1.29 is 8.42 Å². The standard InChI is InChI=1S/C17H27N3O2S/c1-13-4-8-15(9-5-13)20-17(18-2)19-12-14-6-10-16(11-7-14)23(3,21)22/h6-7,10-11,13,15H,4-5,8-9,12H2,1-3H3,(H2,18,19,20). The van der Waals surface area contributed by atoms with Gasteiger partial charge in [-0.3, -0.25) is 4.99 Å². The zero-order chi connectivity index (χ0) is 16.9. The van der Waals surface area contributed by atoms with E-state index in [1.807, 2.05) is 12.1 Å². The quantitative estimate of drug-likeness (QED) is 0.653. The van der Waals surface area contributed by atoms with Gasteiger partial charge in [0.2, 0.25) is 0 Å². The molecule has 1 aliphatic rings. The lowest BCUT2D eigenvalue weighted by atomic mass is 9.87. The summed E-state index contributed by atoms with van der Waals surface area (Å²) >= 11 is 0. The molecule has 0 aromatic heterocycles. The maximum absolute atomic E-state index is 11.5. The van der Waals surface area contributed by atoms with Crippen molar-refractivity contribution >= 4 is 15.8 Å². The van der Waals surface area contributed by atoms with Gasteiger partial charge < -0.3 is 10.6 Å². The Morgan fingerprint density at radius 1 is 1.17 bits per heavy atom. The van der Waals surface area contributed by atoms with Gasteiger partial charge in [0.15, 0.2) is 15.8 Å². The van der Waals surface area contributed by atoms with E-state index in [0.717, 1.165) is 17.4 Å². The first-order chi connectivity index (χ1) is 10.9. The summed E-state index contributed by atoms with van der Waals surface area (Å²) < 4.78 is 22.9. The lowest BCUT2D eigenvalue weighted by Gasteiger charge is -2.28. The largest absolute Gasteiger partial charge is 0.354 e. The van der Waals surface area contributed by atoms with Gasteiger partial charge in [0, 0.05) is 25.9 Å². The predicted octanol–water partition coefficient (Wildman–Crippen LogP) is 2.33. The average molecular weight is 337 g/mol. The van der Waals surface area contributed by atoms with Crippen molar-refractivity contribution in [2.24, 2.45) is 10.9 Å². The van der Waals surface area contributed by atoms with Crippen LogP contribution in [0.4, 0.5) is 0 Å². The van der Waals surface area contributed by atoms with Gasteiger partial charge in [-0.15, -0.1) is 0 Å². The second-order valence-corrected chi connectivity index (χ2v) is 8.46. The van der Waals surface area contributed by atoms with Crippen LogP contribution in [0.1, 0.15) is 38.2 Å². The molecule has 1 aliphatic carbocycles. The Hall–Kier alpha value is -1.56. The van der Waals surface area contributed by atoms with Crippen molar-refractivity contribution in [3.63, 3.8) is 0 Å². The molecule has 0 atom stereocenters. The molecule has 1 aromatic rings. The summed E-state index contributed by atoms with van der Waals surface area (Å²) in [4.78, 5) is 4.62. The zero-order valence-corrected chi connectivity index (χ0v) is 15.0. The first-order valence-corrected chi connectivity index (χ1v) is 10.0. The van der Waals surface area contributed by atoms with Crippen LogP contribution in [0.2, 0.25) is 0 Å². The Morgan fingerprint density at radius 3 is 2.30 bits per heavy atom. The van der Waals surface area contributed by atoms with Crippen LogP contribution in [-0.4, -0.2) is 33.7 Å². The summed E-state index contributed by atoms with van der Waals surface area (Å²) in [7, 11) is -1.36. The third-order valence-corrected chi connectivity index (χ3v) is 5.52. The first-order valence-electron chi connectivity index (χ1n) is 8.14. The molecule has 5 nitrogen and oxygen atoms in total. The van der Waals surface area contributed by atoms with E-state index >= 15 is 0 Å². The highest BCUT2D eigenvalue weighted by Crippen LogP contribution is 2.23. The van der Waals surface area contributed by atoms with Crippen molar-refractivity contribution in [3.05, 3.63) is 29.8 Å². The summed E-state index contributed by atoms with van der Waals surface area (Å²) in [5, 5.41) is 6.77. The minimum Gasteiger partial charge on any atom is -0.354 e. The second kappa shape index (κ2) is 7.81. The molecule has 0 unspecified atom stereocenters. The molecule has 0 saturated heterocycles. The minimum absolute atomic E-state index is 0.347. The Balaban J connectivity index is 1.86. The van der Waals surface area contributed by atoms with E-state index in [1.54, 1.807) is 19.2 Å². The van der Waals surface area contributed by atoms with Gasteiger partial charge in [0.25, 0.3) is 0 Å². The second-order valence-electron chi connectivity index (χ2n) is 6.44. The lowest BCUT2D eigenvalue weighted by Crippen LogP contribution is -2.44. The van der Waals surface area contributed by atoms with Gasteiger partial charge in [0.05, 0.1) is 4.90 Å². The van der Waals surface area contributed by atoms with Crippen LogP contribution >= 0.6 is 0 Å². The SMILES string of the molecule is CN=C(NCc1ccc(S(C)(=O)=O)cc1)NC1CCC(C)CC1. The third kappa shape index (κ3) is 5.53. The number of nitrogens with one attached hydrogen (secondary N) is 2. The molecule has 0 radical (unpaired) electrons. The van der Waals surface area contributed by atoms with Gasteiger partial charge in [-0.2, -0.15) is 0 Å². The van der Waals surface area contributed by atoms with E-state index in [4.69, 9.17) is 0 Å². The van der Waals surface area contributed by atoms with Crippen molar-refractivity contribution in [1.82, 2.24) is 10.6 Å². The monoisotopic (exact) mass is 337 g/mol. The van der Waals surface area contributed by atoms with Crippen LogP contribution in [0.25, 0.3) is 0 Å². The van der Waals surface area contributed by atoms with E-state index in [0.29, 0.717) is 17.5 Å². The third-order valence-electron chi connectivity index (χ3n) is 4.39. The first kappa shape index (κ1) is 17.8. The number of hydrogen-bond donors (Lipinski definition) is 2. The highest BCUT2D eigenvalue weighted by Gasteiger charge is 2.18. The van der Waals surface area contributed by atoms with Crippen molar-refractivity contribution in [2.75, 3.05) is 13.3 Å². The van der Waals surface area contributed by atoms with E-state index in [9.17, 15) is 8.42 Å². The summed E-state index contributed by atoms with van der Waals surface area (Å²) in [5.41, 5.74) is 1.03. The van der Waals surface area contributed by atoms with Crippen LogP contribution in [0, 0.1) is 5.92 Å². The molecular formula is C17H27N3O2S. The molecule has 1 fully saturated rings. The molecule has 2 N–H and O–H groups in total. The number of nitrogens with zero attached hydrogens (tertiary/aromatic N) is 1. The van der Waals surface area contributed by atoms with Crippen LogP contribution in [-0.2, 0) is 16.4 Å². The molecule has 1 saturated carbocycles. The summed E-state index contributed by atoms with van der Waals surface area (Å²) in [5.74, 6) is 1.63. The molecule has 23 heavy (non-hydrogen) atoms. The predicted molar refractivity (Wildman–Crippen MR) is 94.3 cm³/mol. The number of rotatable bonds is 4. The van der Waals surface area contributed by atoms with Crippen LogP contribution in [0.3, 0.4) is 0 Å². The fourth-order valence-electron chi connectivity index (χ4n) is 2.83. The molecule has 6 heteroatoms. The molecule has 0 heterocycles. The smallest absolute Gasteiger partial charge is 0.191 e. The molecular weight excluding hydrogens is 310 g/mol. The molecule has 0 amide bonds. The number of aliphatic imine (C=N–C) groups is 1. The summed E-state index contributed by atoms with van der Waals surface area (Å²) in [6.07, 6.45) is 6.12. The molecule has 128 valence electrons. The maximum atomic E-state index is 11.5.